The summed E-state index contributed by atoms with van der Waals surface area (Å²) in [6.45, 7) is 1.40. The van der Waals surface area contributed by atoms with E-state index >= 15 is 0 Å². The van der Waals surface area contributed by atoms with Crippen LogP contribution in [0.25, 0.3) is 0 Å². The van der Waals surface area contributed by atoms with E-state index in [1.54, 1.807) is 38.2 Å². The van der Waals surface area contributed by atoms with Crippen LogP contribution >= 0.6 is 0 Å². The van der Waals surface area contributed by atoms with E-state index in [2.05, 4.69) is 10.6 Å². The monoisotopic (exact) mass is 405 g/mol. The molecule has 0 aliphatic carbocycles. The number of likely N-dealkylation sites (N-methyl/N-ethyl adjacent to an activating group) is 1. The average Bonchev–Trinajstić information content (AvgIpc) is 2.67. The Balaban J connectivity index is 1.96. The van der Waals surface area contributed by atoms with Crippen molar-refractivity contribution in [3.05, 3.63) is 59.7 Å². The highest BCUT2D eigenvalue weighted by Gasteiger charge is 2.34. The first-order valence-corrected chi connectivity index (χ1v) is 8.71. The predicted molar refractivity (Wildman–Crippen MR) is 101 cm³/mol. The summed E-state index contributed by atoms with van der Waals surface area (Å²) in [7, 11) is 1.60. The minimum absolute atomic E-state index is 0.200. The fourth-order valence-electron chi connectivity index (χ4n) is 2.54. The molecule has 0 heterocycles. The fourth-order valence-corrected chi connectivity index (χ4v) is 2.54. The molecule has 0 fully saturated rings. The highest BCUT2D eigenvalue weighted by atomic mass is 19.4. The van der Waals surface area contributed by atoms with Crippen LogP contribution in [0.2, 0.25) is 0 Å². The number of carbonyl (C=O) groups is 2. The van der Waals surface area contributed by atoms with E-state index in [4.69, 9.17) is 5.26 Å². The van der Waals surface area contributed by atoms with Crippen molar-refractivity contribution in [2.24, 2.45) is 0 Å². The third kappa shape index (κ3) is 6.05. The minimum atomic E-state index is -4.59. The van der Waals surface area contributed by atoms with Gasteiger partial charge in [0.25, 0.3) is 11.8 Å². The van der Waals surface area contributed by atoms with Gasteiger partial charge in [0.1, 0.15) is 0 Å². The molecule has 152 valence electrons. The highest BCUT2D eigenvalue weighted by Crippen LogP contribution is 2.34. The molecule has 0 radical (unpaired) electrons. The number of nitrogens with one attached hydrogen (secondary N) is 3. The van der Waals surface area contributed by atoms with Crippen LogP contribution in [0.1, 0.15) is 18.1 Å². The third-order valence-corrected chi connectivity index (χ3v) is 4.36. The largest absolute Gasteiger partial charge is 0.418 e. The number of quaternary nitrogens is 1. The van der Waals surface area contributed by atoms with Crippen molar-refractivity contribution >= 4 is 23.2 Å². The topological polar surface area (TPSA) is 86.4 Å². The van der Waals surface area contributed by atoms with Gasteiger partial charge in [-0.05, 0) is 43.3 Å². The van der Waals surface area contributed by atoms with Crippen molar-refractivity contribution in [1.29, 1.82) is 5.26 Å². The summed E-state index contributed by atoms with van der Waals surface area (Å²) in [5, 5.41) is 13.7. The van der Waals surface area contributed by atoms with E-state index in [-0.39, 0.29) is 18.1 Å². The van der Waals surface area contributed by atoms with Crippen LogP contribution in [-0.4, -0.2) is 31.4 Å². The number of para-hydroxylation sites is 1. The maximum atomic E-state index is 13.0. The van der Waals surface area contributed by atoms with E-state index in [1.165, 1.54) is 18.2 Å². The van der Waals surface area contributed by atoms with Crippen LogP contribution in [0.15, 0.2) is 48.5 Å². The molecule has 9 heteroatoms. The molecular formula is C20H20F3N4O2+. The number of hydrogen-bond acceptors (Lipinski definition) is 3. The summed E-state index contributed by atoms with van der Waals surface area (Å²) in [4.78, 5) is 25.1. The number of nitrogens with zero attached hydrogens (tertiary/aromatic N) is 1. The Labute approximate surface area is 165 Å². The molecule has 29 heavy (non-hydrogen) atoms. The highest BCUT2D eigenvalue weighted by molar-refractivity contribution is 5.95. The Bertz CT molecular complexity index is 921. The van der Waals surface area contributed by atoms with Crippen LogP contribution in [-0.2, 0) is 15.8 Å². The Morgan fingerprint density at radius 2 is 1.72 bits per heavy atom. The minimum Gasteiger partial charge on any atom is -0.321 e. The molecule has 0 aliphatic heterocycles. The zero-order chi connectivity index (χ0) is 21.6. The van der Waals surface area contributed by atoms with Gasteiger partial charge in [0.05, 0.1) is 29.9 Å². The number of nitriles is 1. The van der Waals surface area contributed by atoms with Gasteiger partial charge in [-0.2, -0.15) is 18.4 Å². The maximum absolute atomic E-state index is 13.0. The van der Waals surface area contributed by atoms with Gasteiger partial charge in [-0.25, -0.2) is 0 Å². The van der Waals surface area contributed by atoms with E-state index in [0.29, 0.717) is 16.2 Å². The number of halogens is 3. The number of amides is 2. The number of rotatable bonds is 6. The number of carbonyl (C=O) groups excluding carboxylic acids is 2. The van der Waals surface area contributed by atoms with Gasteiger partial charge in [0.2, 0.25) is 0 Å². The second-order valence-corrected chi connectivity index (χ2v) is 6.51. The van der Waals surface area contributed by atoms with Crippen molar-refractivity contribution < 1.29 is 27.7 Å². The van der Waals surface area contributed by atoms with Gasteiger partial charge in [0, 0.05) is 5.69 Å². The van der Waals surface area contributed by atoms with Crippen LogP contribution in [0.3, 0.4) is 0 Å². The SMILES string of the molecule is C[C@H](C(=O)Nc1ccc(C#N)cc1)[NH+](C)CC(=O)Nc1ccccc1C(F)(F)F. The summed E-state index contributed by atoms with van der Waals surface area (Å²) < 4.78 is 39.1. The summed E-state index contributed by atoms with van der Waals surface area (Å²) in [5.41, 5.74) is -0.308. The first-order valence-electron chi connectivity index (χ1n) is 8.71. The van der Waals surface area contributed by atoms with Gasteiger partial charge in [0.15, 0.2) is 12.6 Å². The number of benzene rings is 2. The molecule has 0 aliphatic rings. The lowest BCUT2D eigenvalue weighted by Gasteiger charge is -2.21. The van der Waals surface area contributed by atoms with Gasteiger partial charge < -0.3 is 15.5 Å². The summed E-state index contributed by atoms with van der Waals surface area (Å²) >= 11 is 0. The molecule has 2 aromatic carbocycles. The summed E-state index contributed by atoms with van der Waals surface area (Å²) in [6, 6.07) is 12.3. The molecule has 6 nitrogen and oxygen atoms in total. The molecule has 0 bridgehead atoms. The molecular weight excluding hydrogens is 385 g/mol. The van der Waals surface area contributed by atoms with Gasteiger partial charge in [-0.15, -0.1) is 0 Å². The molecule has 1 unspecified atom stereocenters. The van der Waals surface area contributed by atoms with Gasteiger partial charge in [-0.1, -0.05) is 12.1 Å². The molecule has 0 saturated carbocycles. The number of hydrogen-bond donors (Lipinski definition) is 3. The lowest BCUT2D eigenvalue weighted by Crippen LogP contribution is -3.14. The predicted octanol–water partition coefficient (Wildman–Crippen LogP) is 2.06. The summed E-state index contributed by atoms with van der Waals surface area (Å²) in [6.07, 6.45) is -4.59. The van der Waals surface area contributed by atoms with E-state index in [0.717, 1.165) is 6.07 Å². The zero-order valence-corrected chi connectivity index (χ0v) is 15.8. The molecule has 0 spiro atoms. The fraction of sp³-hybridized carbons (Fsp3) is 0.250. The summed E-state index contributed by atoms with van der Waals surface area (Å²) in [5.74, 6) is -1.01. The zero-order valence-electron chi connectivity index (χ0n) is 15.8. The quantitative estimate of drug-likeness (QED) is 0.688. The van der Waals surface area contributed by atoms with Crippen molar-refractivity contribution in [2.45, 2.75) is 19.1 Å². The second-order valence-electron chi connectivity index (χ2n) is 6.51. The average molecular weight is 405 g/mol. The molecule has 0 aromatic heterocycles. The van der Waals surface area contributed by atoms with E-state index < -0.39 is 23.7 Å². The second kappa shape index (κ2) is 9.21. The Hall–Kier alpha value is -3.38. The Kier molecular flexibility index (Phi) is 6.96. The van der Waals surface area contributed by atoms with Crippen molar-refractivity contribution in [1.82, 2.24) is 0 Å². The van der Waals surface area contributed by atoms with Crippen LogP contribution in [0, 0.1) is 11.3 Å². The van der Waals surface area contributed by atoms with Crippen molar-refractivity contribution in [3.8, 4) is 6.07 Å². The first-order chi connectivity index (χ1) is 13.6. The molecule has 2 aromatic rings. The van der Waals surface area contributed by atoms with Gasteiger partial charge in [-0.3, -0.25) is 9.59 Å². The van der Waals surface area contributed by atoms with Crippen molar-refractivity contribution in [2.75, 3.05) is 24.2 Å². The number of anilines is 2. The van der Waals surface area contributed by atoms with Crippen LogP contribution in [0.5, 0.6) is 0 Å². The Morgan fingerprint density at radius 3 is 2.31 bits per heavy atom. The molecule has 2 atom stereocenters. The van der Waals surface area contributed by atoms with Gasteiger partial charge >= 0.3 is 6.18 Å². The standard InChI is InChI=1S/C20H19F3N4O2/c1-13(19(29)25-15-9-7-14(11-24)8-10-15)27(2)12-18(28)26-17-6-4-3-5-16(17)20(21,22)23/h3-10,13H,12H2,1-2H3,(H,25,29)(H,26,28)/p+1/t13-/m1/s1. The van der Waals surface area contributed by atoms with E-state index in [1.807, 2.05) is 6.07 Å². The van der Waals surface area contributed by atoms with E-state index in [9.17, 15) is 22.8 Å². The normalized spacial score (nSPS) is 13.1. The lowest BCUT2D eigenvalue weighted by molar-refractivity contribution is -0.885. The molecule has 2 rings (SSSR count). The lowest BCUT2D eigenvalue weighted by atomic mass is 10.1. The third-order valence-electron chi connectivity index (χ3n) is 4.36. The molecule has 0 saturated heterocycles. The number of alkyl halides is 3. The van der Waals surface area contributed by atoms with Crippen LogP contribution < -0.4 is 15.5 Å². The molecule has 2 amide bonds. The Morgan fingerprint density at radius 1 is 1.10 bits per heavy atom. The van der Waals surface area contributed by atoms with Crippen LogP contribution in [0.4, 0.5) is 24.5 Å². The smallest absolute Gasteiger partial charge is 0.321 e. The molecule has 3 N–H and O–H groups in total. The van der Waals surface area contributed by atoms with Crippen molar-refractivity contribution in [3.63, 3.8) is 0 Å². The first kappa shape index (κ1) is 21.9. The maximum Gasteiger partial charge on any atom is 0.418 e.